The number of ketones is 2. The molecule has 0 amide bonds. The zero-order valence-electron chi connectivity index (χ0n) is 8.92. The molecule has 1 heterocycles. The number of Topliss-reactive ketones (excluding diaryl/α,β-unsaturated/α-hetero) is 2. The third-order valence-corrected chi connectivity index (χ3v) is 2.35. The molecule has 0 aliphatic heterocycles. The number of aryl methyl sites for hydroxylation is 1. The highest BCUT2D eigenvalue weighted by Gasteiger charge is 2.34. The van der Waals surface area contributed by atoms with Gasteiger partial charge in [-0.3, -0.25) is 14.6 Å². The van der Waals surface area contributed by atoms with Crippen molar-refractivity contribution in [3.63, 3.8) is 0 Å². The third kappa shape index (κ3) is 1.19. The topological polar surface area (TPSA) is 87.2 Å². The fourth-order valence-corrected chi connectivity index (χ4v) is 1.66. The Bertz CT molecular complexity index is 539. The maximum absolute atomic E-state index is 11.9. The molecule has 0 spiro atoms. The van der Waals surface area contributed by atoms with Crippen molar-refractivity contribution in [3.8, 4) is 0 Å². The van der Waals surface area contributed by atoms with E-state index in [-0.39, 0.29) is 28.6 Å². The van der Waals surface area contributed by atoms with Crippen molar-refractivity contribution in [1.29, 1.82) is 0 Å². The van der Waals surface area contributed by atoms with Crippen molar-refractivity contribution >= 4 is 18.3 Å². The molecule has 2 rings (SSSR count). The number of rotatable bonds is 2. The Balaban J connectivity index is 2.70. The minimum Gasteiger partial charge on any atom is -0.383 e. The normalized spacial score (nSPS) is 15.1. The number of carbonyl (C=O) groups is 2. The van der Waals surface area contributed by atoms with Crippen LogP contribution in [0.1, 0.15) is 26.8 Å². The van der Waals surface area contributed by atoms with E-state index in [0.717, 1.165) is 0 Å². The van der Waals surface area contributed by atoms with Crippen LogP contribution in [0.2, 0.25) is 0 Å². The molecule has 0 radical (unpaired) electrons. The van der Waals surface area contributed by atoms with Crippen LogP contribution in [0.25, 0.3) is 0 Å². The van der Waals surface area contributed by atoms with E-state index >= 15 is 0 Å². The van der Waals surface area contributed by atoms with Gasteiger partial charge in [0, 0.05) is 7.05 Å². The summed E-state index contributed by atoms with van der Waals surface area (Å²) in [5, 5.41) is 2.66. The average molecular weight is 218 g/mol. The lowest BCUT2D eigenvalue weighted by atomic mass is 10.00. The van der Waals surface area contributed by atoms with E-state index in [1.807, 2.05) is 0 Å². The van der Waals surface area contributed by atoms with Gasteiger partial charge >= 0.3 is 0 Å². The minimum absolute atomic E-state index is 0.0199. The van der Waals surface area contributed by atoms with Gasteiger partial charge in [0.2, 0.25) is 11.6 Å². The maximum Gasteiger partial charge on any atom is 0.234 e. The molecule has 0 bridgehead atoms. The number of nitrogens with one attached hydrogen (secondary N) is 2. The Morgan fingerprint density at radius 1 is 1.38 bits per heavy atom. The highest BCUT2D eigenvalue weighted by molar-refractivity contribution is 6.25. The number of aliphatic imine (C=N–C) groups is 1. The molecule has 6 heteroatoms. The number of hydrogen-bond acceptors (Lipinski definition) is 5. The molecule has 0 aromatic carbocycles. The molecule has 0 saturated heterocycles. The van der Waals surface area contributed by atoms with Gasteiger partial charge < -0.3 is 10.3 Å². The monoisotopic (exact) mass is 218 g/mol. The summed E-state index contributed by atoms with van der Waals surface area (Å²) in [6, 6.07) is 0. The van der Waals surface area contributed by atoms with Crippen LogP contribution in [0.4, 0.5) is 0 Å². The number of likely N-dealkylation sites (N-methyl/N-ethyl adjacent to an activating group) is 1. The Labute approximate surface area is 91.5 Å². The van der Waals surface area contributed by atoms with Crippen LogP contribution in [0.15, 0.2) is 16.4 Å². The van der Waals surface area contributed by atoms with Gasteiger partial charge in [-0.2, -0.15) is 0 Å². The predicted octanol–water partition coefficient (Wildman–Crippen LogP) is 0.229. The fourth-order valence-electron chi connectivity index (χ4n) is 1.66. The van der Waals surface area contributed by atoms with Crippen LogP contribution >= 0.6 is 0 Å². The first-order valence-electron chi connectivity index (χ1n) is 4.65. The molecule has 0 fully saturated rings. The van der Waals surface area contributed by atoms with Crippen LogP contribution < -0.4 is 5.32 Å². The second-order valence-corrected chi connectivity index (χ2v) is 3.34. The predicted molar refractivity (Wildman–Crippen MR) is 57.6 cm³/mol. The number of nitrogens with zero attached hydrogens (tertiary/aromatic N) is 2. The molecule has 1 aliphatic rings. The van der Waals surface area contributed by atoms with Crippen LogP contribution in [-0.2, 0) is 0 Å². The Morgan fingerprint density at radius 3 is 2.62 bits per heavy atom. The molecular weight excluding hydrogens is 208 g/mol. The van der Waals surface area contributed by atoms with Crippen molar-refractivity contribution in [3.05, 3.63) is 28.6 Å². The highest BCUT2D eigenvalue weighted by atomic mass is 16.1. The standard InChI is InChI=1S/C10H10N4O2/c1-4-13-7-8(14-4)10(16)6(12-3)5(11-2)9(7)15/h12H,2H2,1,3H3,(H,13,14). The van der Waals surface area contributed by atoms with Gasteiger partial charge in [0.15, 0.2) is 0 Å². The summed E-state index contributed by atoms with van der Waals surface area (Å²) in [6.07, 6.45) is 0. The van der Waals surface area contributed by atoms with Crippen LogP contribution in [0, 0.1) is 6.92 Å². The Kier molecular flexibility index (Phi) is 2.19. The molecule has 82 valence electrons. The van der Waals surface area contributed by atoms with E-state index in [0.29, 0.717) is 5.82 Å². The van der Waals surface area contributed by atoms with Crippen molar-refractivity contribution < 1.29 is 9.59 Å². The van der Waals surface area contributed by atoms with Gasteiger partial charge in [0.05, 0.1) is 0 Å². The van der Waals surface area contributed by atoms with Gasteiger partial charge in [-0.1, -0.05) is 0 Å². The molecule has 0 atom stereocenters. The fraction of sp³-hybridized carbons (Fsp3) is 0.200. The molecule has 1 aromatic rings. The summed E-state index contributed by atoms with van der Waals surface area (Å²) in [6.45, 7) is 4.97. The lowest BCUT2D eigenvalue weighted by Crippen LogP contribution is -2.28. The lowest BCUT2D eigenvalue weighted by Gasteiger charge is -2.13. The summed E-state index contributed by atoms with van der Waals surface area (Å²) in [5.41, 5.74) is 0.491. The lowest BCUT2D eigenvalue weighted by molar-refractivity contribution is 0.0964. The van der Waals surface area contributed by atoms with Crippen LogP contribution in [0.5, 0.6) is 0 Å². The number of carbonyl (C=O) groups excluding carboxylic acids is 2. The minimum atomic E-state index is -0.390. The van der Waals surface area contributed by atoms with Gasteiger partial charge in [0.1, 0.15) is 28.6 Å². The zero-order valence-corrected chi connectivity index (χ0v) is 8.92. The molecular formula is C10H10N4O2. The van der Waals surface area contributed by atoms with E-state index < -0.39 is 5.78 Å². The average Bonchev–Trinajstić information content (AvgIpc) is 2.65. The second kappa shape index (κ2) is 3.41. The molecule has 6 nitrogen and oxygen atoms in total. The summed E-state index contributed by atoms with van der Waals surface area (Å²) in [4.78, 5) is 34.2. The third-order valence-electron chi connectivity index (χ3n) is 2.35. The Hall–Kier alpha value is -2.24. The van der Waals surface area contributed by atoms with Gasteiger partial charge in [-0.15, -0.1) is 0 Å². The number of aromatic nitrogens is 2. The number of fused-ring (bicyclic) bond motifs is 1. The summed E-state index contributed by atoms with van der Waals surface area (Å²) in [7, 11) is 1.56. The zero-order chi connectivity index (χ0) is 11.9. The second-order valence-electron chi connectivity index (χ2n) is 3.34. The van der Waals surface area contributed by atoms with E-state index in [4.69, 9.17) is 0 Å². The van der Waals surface area contributed by atoms with Gasteiger partial charge in [-0.25, -0.2) is 4.98 Å². The SMILES string of the molecule is C=NC1=C(NC)C(=O)c2[nH]c(C)nc2C1=O. The number of imidazole rings is 1. The van der Waals surface area contributed by atoms with Crippen molar-refractivity contribution in [2.24, 2.45) is 4.99 Å². The van der Waals surface area contributed by atoms with Gasteiger partial charge in [-0.05, 0) is 13.6 Å². The number of hydrogen-bond donors (Lipinski definition) is 2. The van der Waals surface area contributed by atoms with Crippen molar-refractivity contribution in [2.75, 3.05) is 7.05 Å². The summed E-state index contributed by atoms with van der Waals surface area (Å²) in [5.74, 6) is -0.189. The molecule has 16 heavy (non-hydrogen) atoms. The smallest absolute Gasteiger partial charge is 0.234 e. The summed E-state index contributed by atoms with van der Waals surface area (Å²) < 4.78 is 0. The van der Waals surface area contributed by atoms with E-state index in [9.17, 15) is 9.59 Å². The first-order valence-corrected chi connectivity index (χ1v) is 4.65. The largest absolute Gasteiger partial charge is 0.383 e. The number of allylic oxidation sites excluding steroid dienone is 2. The molecule has 1 aromatic heterocycles. The molecule has 0 saturated carbocycles. The van der Waals surface area contributed by atoms with Crippen LogP contribution in [-0.4, -0.2) is 35.3 Å². The summed E-state index contributed by atoms with van der Waals surface area (Å²) >= 11 is 0. The van der Waals surface area contributed by atoms with E-state index in [1.54, 1.807) is 14.0 Å². The molecule has 2 N–H and O–H groups in total. The first kappa shape index (κ1) is 10.3. The molecule has 0 unspecified atom stereocenters. The quantitative estimate of drug-likeness (QED) is 0.695. The number of H-pyrrole nitrogens is 1. The van der Waals surface area contributed by atoms with Crippen LogP contribution in [0.3, 0.4) is 0 Å². The van der Waals surface area contributed by atoms with Crippen molar-refractivity contribution in [2.45, 2.75) is 6.92 Å². The van der Waals surface area contributed by atoms with Gasteiger partial charge in [0.25, 0.3) is 0 Å². The van der Waals surface area contributed by atoms with Crippen molar-refractivity contribution in [1.82, 2.24) is 15.3 Å². The first-order chi connectivity index (χ1) is 7.60. The Morgan fingerprint density at radius 2 is 2.06 bits per heavy atom. The van der Waals surface area contributed by atoms with E-state index in [1.165, 1.54) is 0 Å². The highest BCUT2D eigenvalue weighted by Crippen LogP contribution is 2.23. The molecule has 1 aliphatic carbocycles. The number of aromatic amines is 1. The maximum atomic E-state index is 11.9. The van der Waals surface area contributed by atoms with E-state index in [2.05, 4.69) is 27.0 Å².